The maximum Gasteiger partial charge on any atom is 0.133 e. The van der Waals surface area contributed by atoms with Gasteiger partial charge in [0.2, 0.25) is 0 Å². The average Bonchev–Trinajstić information content (AvgIpc) is 2.35. The molecule has 0 aliphatic heterocycles. The number of nitrogens with two attached hydrogens (primary N) is 1. The standard InChI is InChI=1S/C16H19NO2/c1-3-7-18-15-9-13(17)10-16(11-15)19-14-6-4-5-12(2)8-14/h4-6,8-11H,3,7,17H2,1-2H3. The van der Waals surface area contributed by atoms with Crippen LogP contribution in [0.15, 0.2) is 42.5 Å². The van der Waals surface area contributed by atoms with E-state index in [9.17, 15) is 0 Å². The molecule has 0 spiro atoms. The number of aryl methyl sites for hydroxylation is 1. The molecule has 0 fully saturated rings. The number of nitrogen functional groups attached to an aromatic ring is 1. The van der Waals surface area contributed by atoms with Crippen LogP contribution in [0.2, 0.25) is 0 Å². The lowest BCUT2D eigenvalue weighted by molar-refractivity contribution is 0.316. The summed E-state index contributed by atoms with van der Waals surface area (Å²) < 4.78 is 11.4. The van der Waals surface area contributed by atoms with E-state index in [0.717, 1.165) is 23.5 Å². The lowest BCUT2D eigenvalue weighted by atomic mass is 10.2. The fourth-order valence-electron chi connectivity index (χ4n) is 1.77. The third-order valence-electron chi connectivity index (χ3n) is 2.60. The molecule has 0 unspecified atom stereocenters. The zero-order chi connectivity index (χ0) is 13.7. The van der Waals surface area contributed by atoms with Gasteiger partial charge in [-0.3, -0.25) is 0 Å². The summed E-state index contributed by atoms with van der Waals surface area (Å²) in [6.45, 7) is 4.77. The van der Waals surface area contributed by atoms with E-state index in [2.05, 4.69) is 6.92 Å². The van der Waals surface area contributed by atoms with Crippen molar-refractivity contribution < 1.29 is 9.47 Å². The van der Waals surface area contributed by atoms with Crippen LogP contribution in [0.1, 0.15) is 18.9 Å². The molecule has 0 saturated carbocycles. The maximum atomic E-state index is 5.85. The first-order valence-electron chi connectivity index (χ1n) is 6.45. The molecule has 0 bridgehead atoms. The Kier molecular flexibility index (Phi) is 4.29. The van der Waals surface area contributed by atoms with Gasteiger partial charge in [-0.2, -0.15) is 0 Å². The van der Waals surface area contributed by atoms with Crippen molar-refractivity contribution in [3.63, 3.8) is 0 Å². The Morgan fingerprint density at radius 3 is 2.53 bits per heavy atom. The third kappa shape index (κ3) is 3.91. The number of ether oxygens (including phenoxy) is 2. The van der Waals surface area contributed by atoms with Gasteiger partial charge in [0, 0.05) is 23.9 Å². The van der Waals surface area contributed by atoms with Crippen LogP contribution in [0.4, 0.5) is 5.69 Å². The molecule has 3 nitrogen and oxygen atoms in total. The molecule has 0 aliphatic carbocycles. The van der Waals surface area contributed by atoms with Gasteiger partial charge >= 0.3 is 0 Å². The molecule has 0 aromatic heterocycles. The van der Waals surface area contributed by atoms with Crippen LogP contribution in [0, 0.1) is 6.92 Å². The van der Waals surface area contributed by atoms with E-state index in [0.29, 0.717) is 18.0 Å². The van der Waals surface area contributed by atoms with Gasteiger partial charge in [-0.25, -0.2) is 0 Å². The molecule has 0 saturated heterocycles. The summed E-state index contributed by atoms with van der Waals surface area (Å²) in [5.74, 6) is 2.23. The summed E-state index contributed by atoms with van der Waals surface area (Å²) in [4.78, 5) is 0. The number of benzene rings is 2. The second-order valence-corrected chi connectivity index (χ2v) is 4.50. The van der Waals surface area contributed by atoms with Crippen LogP contribution in [-0.4, -0.2) is 6.61 Å². The number of hydrogen-bond donors (Lipinski definition) is 1. The summed E-state index contributed by atoms with van der Waals surface area (Å²) in [5, 5.41) is 0. The van der Waals surface area contributed by atoms with E-state index in [-0.39, 0.29) is 0 Å². The largest absolute Gasteiger partial charge is 0.493 e. The van der Waals surface area contributed by atoms with Crippen molar-refractivity contribution in [1.82, 2.24) is 0 Å². The van der Waals surface area contributed by atoms with Crippen molar-refractivity contribution in [2.45, 2.75) is 20.3 Å². The molecule has 2 rings (SSSR count). The number of rotatable bonds is 5. The first-order chi connectivity index (χ1) is 9.17. The molecule has 0 aliphatic rings. The molecule has 0 amide bonds. The maximum absolute atomic E-state index is 5.85. The highest BCUT2D eigenvalue weighted by Crippen LogP contribution is 2.28. The van der Waals surface area contributed by atoms with Crippen molar-refractivity contribution in [1.29, 1.82) is 0 Å². The van der Waals surface area contributed by atoms with Crippen LogP contribution < -0.4 is 15.2 Å². The number of hydrogen-bond acceptors (Lipinski definition) is 3. The molecular formula is C16H19NO2. The summed E-state index contributed by atoms with van der Waals surface area (Å²) >= 11 is 0. The molecule has 3 heteroatoms. The van der Waals surface area contributed by atoms with Gasteiger partial charge in [-0.1, -0.05) is 19.1 Å². The first-order valence-corrected chi connectivity index (χ1v) is 6.45. The van der Waals surface area contributed by atoms with Crippen LogP contribution in [0.25, 0.3) is 0 Å². The van der Waals surface area contributed by atoms with Crippen molar-refractivity contribution in [2.75, 3.05) is 12.3 Å². The van der Waals surface area contributed by atoms with Crippen molar-refractivity contribution in [3.8, 4) is 17.2 Å². The molecule has 19 heavy (non-hydrogen) atoms. The lowest BCUT2D eigenvalue weighted by Crippen LogP contribution is -1.97. The zero-order valence-corrected chi connectivity index (χ0v) is 11.3. The fourth-order valence-corrected chi connectivity index (χ4v) is 1.77. The lowest BCUT2D eigenvalue weighted by Gasteiger charge is -2.10. The van der Waals surface area contributed by atoms with E-state index >= 15 is 0 Å². The average molecular weight is 257 g/mol. The smallest absolute Gasteiger partial charge is 0.133 e. The molecule has 2 aromatic rings. The molecule has 100 valence electrons. The minimum Gasteiger partial charge on any atom is -0.493 e. The van der Waals surface area contributed by atoms with Gasteiger partial charge in [0.15, 0.2) is 0 Å². The van der Waals surface area contributed by atoms with Gasteiger partial charge in [0.05, 0.1) is 6.61 Å². The quantitative estimate of drug-likeness (QED) is 0.818. The molecular weight excluding hydrogens is 238 g/mol. The summed E-state index contributed by atoms with van der Waals surface area (Å²) in [7, 11) is 0. The Balaban J connectivity index is 2.17. The Labute approximate surface area is 114 Å². The van der Waals surface area contributed by atoms with Crippen LogP contribution in [0.3, 0.4) is 0 Å². The van der Waals surface area contributed by atoms with E-state index in [1.165, 1.54) is 0 Å². The predicted octanol–water partition coefficient (Wildman–Crippen LogP) is 4.16. The van der Waals surface area contributed by atoms with Gasteiger partial charge in [0.1, 0.15) is 17.2 Å². The summed E-state index contributed by atoms with van der Waals surface area (Å²) in [6, 6.07) is 13.3. The highest BCUT2D eigenvalue weighted by atomic mass is 16.5. The van der Waals surface area contributed by atoms with E-state index in [1.807, 2.05) is 37.3 Å². The normalized spacial score (nSPS) is 10.2. The van der Waals surface area contributed by atoms with Crippen molar-refractivity contribution in [3.05, 3.63) is 48.0 Å². The van der Waals surface area contributed by atoms with Crippen LogP contribution in [0.5, 0.6) is 17.2 Å². The van der Waals surface area contributed by atoms with Gasteiger partial charge in [-0.05, 0) is 31.0 Å². The predicted molar refractivity (Wildman–Crippen MR) is 77.9 cm³/mol. The first kappa shape index (κ1) is 13.3. The molecule has 0 heterocycles. The molecule has 0 atom stereocenters. The summed E-state index contributed by atoms with van der Waals surface area (Å²) in [5.41, 5.74) is 7.65. The van der Waals surface area contributed by atoms with E-state index < -0.39 is 0 Å². The topological polar surface area (TPSA) is 44.5 Å². The minimum atomic E-state index is 0.635. The Hall–Kier alpha value is -2.16. The molecule has 0 radical (unpaired) electrons. The highest BCUT2D eigenvalue weighted by molar-refractivity contribution is 5.51. The fraction of sp³-hybridized carbons (Fsp3) is 0.250. The molecule has 2 N–H and O–H groups in total. The third-order valence-corrected chi connectivity index (χ3v) is 2.60. The van der Waals surface area contributed by atoms with E-state index in [4.69, 9.17) is 15.2 Å². The zero-order valence-electron chi connectivity index (χ0n) is 11.3. The van der Waals surface area contributed by atoms with Crippen molar-refractivity contribution >= 4 is 5.69 Å². The summed E-state index contributed by atoms with van der Waals surface area (Å²) in [6.07, 6.45) is 0.961. The second kappa shape index (κ2) is 6.14. The van der Waals surface area contributed by atoms with Gasteiger partial charge < -0.3 is 15.2 Å². The van der Waals surface area contributed by atoms with E-state index in [1.54, 1.807) is 12.1 Å². The van der Waals surface area contributed by atoms with Crippen LogP contribution >= 0.6 is 0 Å². The van der Waals surface area contributed by atoms with Gasteiger partial charge in [-0.15, -0.1) is 0 Å². The molecule has 2 aromatic carbocycles. The van der Waals surface area contributed by atoms with Crippen LogP contribution in [-0.2, 0) is 0 Å². The SMILES string of the molecule is CCCOc1cc(N)cc(Oc2cccc(C)c2)c1. The highest BCUT2D eigenvalue weighted by Gasteiger charge is 2.03. The Bertz CT molecular complexity index is 552. The Morgan fingerprint density at radius 1 is 1.00 bits per heavy atom. The number of anilines is 1. The van der Waals surface area contributed by atoms with Crippen molar-refractivity contribution in [2.24, 2.45) is 0 Å². The Morgan fingerprint density at radius 2 is 1.79 bits per heavy atom. The van der Waals surface area contributed by atoms with Gasteiger partial charge in [0.25, 0.3) is 0 Å². The monoisotopic (exact) mass is 257 g/mol. The second-order valence-electron chi connectivity index (χ2n) is 4.50. The minimum absolute atomic E-state index is 0.635.